The van der Waals surface area contributed by atoms with Crippen LogP contribution in [0.1, 0.15) is 27.7 Å². The van der Waals surface area contributed by atoms with Crippen molar-refractivity contribution in [2.24, 2.45) is 0 Å². The van der Waals surface area contributed by atoms with Crippen LogP contribution < -0.4 is 10.1 Å². The molecule has 0 bridgehead atoms. The number of sulfonamides is 1. The molecule has 136 valence electrons. The number of amides is 1. The molecule has 0 unspecified atom stereocenters. The molecule has 1 N–H and O–H groups in total. The summed E-state index contributed by atoms with van der Waals surface area (Å²) in [6.07, 6.45) is -0.578. The number of methoxy groups -OCH3 is 1. The number of benzene rings is 1. The number of ether oxygens (including phenoxy) is 2. The molecule has 1 atom stereocenters. The molecule has 1 rings (SSSR count). The third-order valence-corrected chi connectivity index (χ3v) is 4.90. The van der Waals surface area contributed by atoms with Crippen molar-refractivity contribution in [1.82, 2.24) is 9.62 Å². The molecule has 0 saturated heterocycles. The summed E-state index contributed by atoms with van der Waals surface area (Å²) in [6, 6.07) is 5.73. The van der Waals surface area contributed by atoms with Crippen molar-refractivity contribution >= 4 is 16.1 Å². The Balaban J connectivity index is 2.70. The highest BCUT2D eigenvalue weighted by Crippen LogP contribution is 2.18. The molecular formula is C16H26N2O5S. The average Bonchev–Trinajstić information content (AvgIpc) is 2.44. The summed E-state index contributed by atoms with van der Waals surface area (Å²) in [5.74, 6) is 0.580. The van der Waals surface area contributed by atoms with E-state index in [0.717, 1.165) is 0 Å². The number of likely N-dealkylation sites (N-methyl/N-ethyl adjacent to an activating group) is 1. The van der Waals surface area contributed by atoms with Crippen LogP contribution in [0, 0.1) is 0 Å². The summed E-state index contributed by atoms with van der Waals surface area (Å²) in [7, 11) is -0.666. The number of carbonyl (C=O) groups excluding carboxylic acids is 1. The second-order valence-electron chi connectivity index (χ2n) is 6.51. The molecule has 7 nitrogen and oxygen atoms in total. The molecule has 0 fully saturated rings. The fourth-order valence-electron chi connectivity index (χ4n) is 1.97. The summed E-state index contributed by atoms with van der Waals surface area (Å²) in [4.78, 5) is 11.9. The van der Waals surface area contributed by atoms with E-state index >= 15 is 0 Å². The predicted molar refractivity (Wildman–Crippen MR) is 91.6 cm³/mol. The van der Waals surface area contributed by atoms with Gasteiger partial charge in [0.25, 0.3) is 0 Å². The Labute approximate surface area is 144 Å². The van der Waals surface area contributed by atoms with Gasteiger partial charge >= 0.3 is 6.09 Å². The zero-order valence-electron chi connectivity index (χ0n) is 15.0. The molecule has 0 aliphatic carbocycles. The van der Waals surface area contributed by atoms with Gasteiger partial charge in [0.05, 0.1) is 12.0 Å². The van der Waals surface area contributed by atoms with Gasteiger partial charge < -0.3 is 14.8 Å². The fourth-order valence-corrected chi connectivity index (χ4v) is 3.23. The zero-order valence-corrected chi connectivity index (χ0v) is 15.8. The Bertz CT molecular complexity index is 650. The number of alkyl carbamates (subject to hydrolysis) is 1. The standard InChI is InChI=1S/C16H26N2O5S/c1-12(17-15(19)23-16(2,3)4)11-18(5)24(20,21)14-9-7-13(22-6)8-10-14/h7-10,12H,11H2,1-6H3,(H,17,19)/t12-/m0/s1. The molecule has 0 aromatic heterocycles. The Morgan fingerprint density at radius 2 is 1.79 bits per heavy atom. The van der Waals surface area contributed by atoms with Gasteiger partial charge in [-0.25, -0.2) is 13.2 Å². The number of carbonyl (C=O) groups is 1. The van der Waals surface area contributed by atoms with Crippen LogP contribution in [-0.2, 0) is 14.8 Å². The SMILES string of the molecule is COc1ccc(S(=O)(=O)N(C)C[C@H](C)NC(=O)OC(C)(C)C)cc1. The largest absolute Gasteiger partial charge is 0.497 e. The molecule has 1 amide bonds. The first-order chi connectivity index (χ1) is 11.0. The predicted octanol–water partition coefficient (Wildman–Crippen LogP) is 2.23. The van der Waals surface area contributed by atoms with Crippen molar-refractivity contribution in [3.05, 3.63) is 24.3 Å². The summed E-state index contributed by atoms with van der Waals surface area (Å²) in [6.45, 7) is 7.12. The van der Waals surface area contributed by atoms with E-state index in [2.05, 4.69) is 5.32 Å². The van der Waals surface area contributed by atoms with Gasteiger partial charge in [-0.3, -0.25) is 0 Å². The Morgan fingerprint density at radius 3 is 2.25 bits per heavy atom. The van der Waals surface area contributed by atoms with E-state index in [4.69, 9.17) is 9.47 Å². The van der Waals surface area contributed by atoms with Gasteiger partial charge in [-0.05, 0) is 52.0 Å². The highest BCUT2D eigenvalue weighted by molar-refractivity contribution is 7.89. The number of hydrogen-bond acceptors (Lipinski definition) is 5. The van der Waals surface area contributed by atoms with E-state index in [1.165, 1.54) is 30.6 Å². The molecule has 24 heavy (non-hydrogen) atoms. The minimum absolute atomic E-state index is 0.119. The molecule has 8 heteroatoms. The lowest BCUT2D eigenvalue weighted by atomic mass is 10.2. The Kier molecular flexibility index (Phi) is 6.62. The molecule has 1 aromatic carbocycles. The first-order valence-corrected chi connectivity index (χ1v) is 8.99. The zero-order chi connectivity index (χ0) is 18.5. The highest BCUT2D eigenvalue weighted by Gasteiger charge is 2.24. The smallest absolute Gasteiger partial charge is 0.407 e. The second kappa shape index (κ2) is 7.85. The number of rotatable bonds is 6. The van der Waals surface area contributed by atoms with Crippen molar-refractivity contribution in [3.63, 3.8) is 0 Å². The van der Waals surface area contributed by atoms with E-state index in [0.29, 0.717) is 5.75 Å². The first kappa shape index (κ1) is 20.2. The van der Waals surface area contributed by atoms with Crippen LogP contribution >= 0.6 is 0 Å². The summed E-state index contributed by atoms with van der Waals surface area (Å²) >= 11 is 0. The monoisotopic (exact) mass is 358 g/mol. The maximum atomic E-state index is 12.5. The Hall–Kier alpha value is -1.80. The minimum Gasteiger partial charge on any atom is -0.497 e. The first-order valence-electron chi connectivity index (χ1n) is 7.55. The number of nitrogens with one attached hydrogen (secondary N) is 1. The average molecular weight is 358 g/mol. The van der Waals surface area contributed by atoms with Crippen molar-refractivity contribution < 1.29 is 22.7 Å². The molecule has 1 aromatic rings. The van der Waals surface area contributed by atoms with Gasteiger partial charge in [0.15, 0.2) is 0 Å². The van der Waals surface area contributed by atoms with Crippen LogP contribution in [0.4, 0.5) is 4.79 Å². The van der Waals surface area contributed by atoms with Crippen LogP contribution in [0.5, 0.6) is 5.75 Å². The van der Waals surface area contributed by atoms with Crippen molar-refractivity contribution in [2.45, 2.75) is 44.2 Å². The minimum atomic E-state index is -3.64. The van der Waals surface area contributed by atoms with Gasteiger partial charge in [-0.15, -0.1) is 0 Å². The van der Waals surface area contributed by atoms with E-state index in [1.807, 2.05) is 0 Å². The van der Waals surface area contributed by atoms with Gasteiger partial charge in [0.1, 0.15) is 11.4 Å². The van der Waals surface area contributed by atoms with Crippen LogP contribution in [0.2, 0.25) is 0 Å². The van der Waals surface area contributed by atoms with Crippen molar-refractivity contribution in [2.75, 3.05) is 20.7 Å². The van der Waals surface area contributed by atoms with Gasteiger partial charge in [0.2, 0.25) is 10.0 Å². The van der Waals surface area contributed by atoms with Crippen molar-refractivity contribution in [1.29, 1.82) is 0 Å². The molecule has 0 heterocycles. The maximum absolute atomic E-state index is 12.5. The molecule has 0 saturated carbocycles. The lowest BCUT2D eigenvalue weighted by molar-refractivity contribution is 0.0504. The molecule has 0 spiro atoms. The third kappa shape index (κ3) is 6.01. The number of nitrogens with zero attached hydrogens (tertiary/aromatic N) is 1. The van der Waals surface area contributed by atoms with Crippen LogP contribution in [0.3, 0.4) is 0 Å². The highest BCUT2D eigenvalue weighted by atomic mass is 32.2. The van der Waals surface area contributed by atoms with Gasteiger partial charge in [-0.2, -0.15) is 4.31 Å². The lowest BCUT2D eigenvalue weighted by Crippen LogP contribution is -2.44. The maximum Gasteiger partial charge on any atom is 0.407 e. The molecule has 0 radical (unpaired) electrons. The van der Waals surface area contributed by atoms with E-state index in [1.54, 1.807) is 39.8 Å². The normalized spacial score (nSPS) is 13.5. The molecular weight excluding hydrogens is 332 g/mol. The quantitative estimate of drug-likeness (QED) is 0.843. The summed E-state index contributed by atoms with van der Waals surface area (Å²) < 4.78 is 36.4. The van der Waals surface area contributed by atoms with Gasteiger partial charge in [0, 0.05) is 19.6 Å². The topological polar surface area (TPSA) is 84.9 Å². The van der Waals surface area contributed by atoms with Gasteiger partial charge in [-0.1, -0.05) is 0 Å². The Morgan fingerprint density at radius 1 is 1.25 bits per heavy atom. The van der Waals surface area contributed by atoms with E-state index in [9.17, 15) is 13.2 Å². The van der Waals surface area contributed by atoms with E-state index in [-0.39, 0.29) is 11.4 Å². The van der Waals surface area contributed by atoms with E-state index < -0.39 is 27.8 Å². The molecule has 0 aliphatic rings. The second-order valence-corrected chi connectivity index (χ2v) is 8.55. The fraction of sp³-hybridized carbons (Fsp3) is 0.562. The summed E-state index contributed by atoms with van der Waals surface area (Å²) in [5.41, 5.74) is -0.606. The molecule has 0 aliphatic heterocycles. The van der Waals surface area contributed by atoms with Crippen LogP contribution in [-0.4, -0.2) is 51.2 Å². The van der Waals surface area contributed by atoms with Crippen LogP contribution in [0.25, 0.3) is 0 Å². The lowest BCUT2D eigenvalue weighted by Gasteiger charge is -2.24. The summed E-state index contributed by atoms with van der Waals surface area (Å²) in [5, 5.41) is 2.62. The van der Waals surface area contributed by atoms with Crippen molar-refractivity contribution in [3.8, 4) is 5.75 Å². The van der Waals surface area contributed by atoms with Crippen LogP contribution in [0.15, 0.2) is 29.2 Å². The number of hydrogen-bond donors (Lipinski definition) is 1. The third-order valence-electron chi connectivity index (χ3n) is 3.06.